The predicted molar refractivity (Wildman–Crippen MR) is 81.8 cm³/mol. The highest BCUT2D eigenvalue weighted by atomic mass is 16.5. The van der Waals surface area contributed by atoms with E-state index in [-0.39, 0.29) is 5.41 Å². The van der Waals surface area contributed by atoms with Gasteiger partial charge in [-0.3, -0.25) is 0 Å². The van der Waals surface area contributed by atoms with Crippen LogP contribution in [0, 0.1) is 16.7 Å². The van der Waals surface area contributed by atoms with Gasteiger partial charge >= 0.3 is 0 Å². The van der Waals surface area contributed by atoms with E-state index in [0.717, 1.165) is 37.9 Å². The lowest BCUT2D eigenvalue weighted by Crippen LogP contribution is -2.25. The molecule has 20 heavy (non-hydrogen) atoms. The summed E-state index contributed by atoms with van der Waals surface area (Å²) in [7, 11) is 1.70. The van der Waals surface area contributed by atoms with Crippen LogP contribution in [0.4, 0.5) is 0 Å². The Kier molecular flexibility index (Phi) is 5.06. The van der Waals surface area contributed by atoms with Crippen LogP contribution in [0.5, 0.6) is 5.75 Å². The SMILES string of the molecule is CCCC[C@]1(C#N)CC[C@H](c2ccc(OC)cc2)CC1. The van der Waals surface area contributed by atoms with Crippen molar-refractivity contribution in [3.05, 3.63) is 29.8 Å². The summed E-state index contributed by atoms with van der Waals surface area (Å²) < 4.78 is 5.21. The number of rotatable bonds is 5. The zero-order valence-electron chi connectivity index (χ0n) is 12.7. The first kappa shape index (κ1) is 14.9. The molecular formula is C18H25NO. The van der Waals surface area contributed by atoms with Crippen molar-refractivity contribution >= 4 is 0 Å². The van der Waals surface area contributed by atoms with E-state index in [2.05, 4.69) is 25.1 Å². The molecule has 1 aliphatic rings. The Morgan fingerprint density at radius 3 is 2.40 bits per heavy atom. The van der Waals surface area contributed by atoms with Crippen molar-refractivity contribution in [2.75, 3.05) is 7.11 Å². The molecule has 0 atom stereocenters. The van der Waals surface area contributed by atoms with Crippen LogP contribution in [0.1, 0.15) is 63.4 Å². The Hall–Kier alpha value is -1.49. The van der Waals surface area contributed by atoms with E-state index in [1.165, 1.54) is 18.4 Å². The molecule has 108 valence electrons. The third kappa shape index (κ3) is 3.33. The molecule has 1 fully saturated rings. The number of ether oxygens (including phenoxy) is 1. The van der Waals surface area contributed by atoms with Gasteiger partial charge in [0.15, 0.2) is 0 Å². The Morgan fingerprint density at radius 2 is 1.90 bits per heavy atom. The van der Waals surface area contributed by atoms with E-state index < -0.39 is 0 Å². The summed E-state index contributed by atoms with van der Waals surface area (Å²) in [5.74, 6) is 1.53. The fourth-order valence-corrected chi connectivity index (χ4v) is 3.31. The van der Waals surface area contributed by atoms with Crippen LogP contribution in [-0.2, 0) is 0 Å². The average molecular weight is 271 g/mol. The van der Waals surface area contributed by atoms with Gasteiger partial charge in [-0.2, -0.15) is 5.26 Å². The molecule has 1 saturated carbocycles. The normalized spacial score (nSPS) is 25.9. The summed E-state index contributed by atoms with van der Waals surface area (Å²) >= 11 is 0. The van der Waals surface area contributed by atoms with Gasteiger partial charge in [-0.25, -0.2) is 0 Å². The van der Waals surface area contributed by atoms with Crippen molar-refractivity contribution in [3.8, 4) is 11.8 Å². The summed E-state index contributed by atoms with van der Waals surface area (Å²) in [4.78, 5) is 0. The number of nitrogens with zero attached hydrogens (tertiary/aromatic N) is 1. The van der Waals surface area contributed by atoms with Gasteiger partial charge in [0.05, 0.1) is 18.6 Å². The van der Waals surface area contributed by atoms with Crippen molar-refractivity contribution in [3.63, 3.8) is 0 Å². The fourth-order valence-electron chi connectivity index (χ4n) is 3.31. The van der Waals surface area contributed by atoms with E-state index in [9.17, 15) is 5.26 Å². The van der Waals surface area contributed by atoms with Crippen LogP contribution >= 0.6 is 0 Å². The van der Waals surface area contributed by atoms with Crippen molar-refractivity contribution in [1.82, 2.24) is 0 Å². The Labute approximate surface area is 122 Å². The molecule has 0 aliphatic heterocycles. The van der Waals surface area contributed by atoms with Crippen LogP contribution < -0.4 is 4.74 Å². The molecule has 0 bridgehead atoms. The van der Waals surface area contributed by atoms with Gasteiger partial charge in [0, 0.05) is 0 Å². The number of hydrogen-bond donors (Lipinski definition) is 0. The van der Waals surface area contributed by atoms with Crippen molar-refractivity contribution in [2.45, 2.75) is 57.8 Å². The highest BCUT2D eigenvalue weighted by Gasteiger charge is 2.35. The van der Waals surface area contributed by atoms with Crippen LogP contribution in [0.3, 0.4) is 0 Å². The highest BCUT2D eigenvalue weighted by molar-refractivity contribution is 5.30. The van der Waals surface area contributed by atoms with Gasteiger partial charge < -0.3 is 4.74 Å². The number of methoxy groups -OCH3 is 1. The van der Waals surface area contributed by atoms with Gasteiger partial charge in [-0.1, -0.05) is 31.9 Å². The largest absolute Gasteiger partial charge is 0.497 e. The minimum absolute atomic E-state index is 0.0427. The maximum absolute atomic E-state index is 9.53. The van der Waals surface area contributed by atoms with Crippen molar-refractivity contribution in [1.29, 1.82) is 5.26 Å². The van der Waals surface area contributed by atoms with Crippen LogP contribution in [0.15, 0.2) is 24.3 Å². The Morgan fingerprint density at radius 1 is 1.25 bits per heavy atom. The molecule has 0 radical (unpaired) electrons. The van der Waals surface area contributed by atoms with Gasteiger partial charge in [0.1, 0.15) is 5.75 Å². The summed E-state index contributed by atoms with van der Waals surface area (Å²) in [6, 6.07) is 11.1. The molecule has 0 spiro atoms. The van der Waals surface area contributed by atoms with E-state index in [1.807, 2.05) is 12.1 Å². The molecule has 0 amide bonds. The first-order chi connectivity index (χ1) is 9.73. The number of hydrogen-bond acceptors (Lipinski definition) is 2. The lowest BCUT2D eigenvalue weighted by Gasteiger charge is -2.35. The molecular weight excluding hydrogens is 246 g/mol. The predicted octanol–water partition coefficient (Wildman–Crippen LogP) is 5.05. The lowest BCUT2D eigenvalue weighted by atomic mass is 9.67. The Bertz CT molecular complexity index is 449. The minimum atomic E-state index is -0.0427. The van der Waals surface area contributed by atoms with E-state index in [0.29, 0.717) is 5.92 Å². The van der Waals surface area contributed by atoms with Crippen molar-refractivity contribution in [2.24, 2.45) is 5.41 Å². The molecule has 0 aromatic heterocycles. The second-order valence-corrected chi connectivity index (χ2v) is 6.04. The average Bonchev–Trinajstić information content (AvgIpc) is 2.53. The molecule has 2 nitrogen and oxygen atoms in total. The van der Waals surface area contributed by atoms with Gasteiger partial charge in [0.25, 0.3) is 0 Å². The third-order valence-corrected chi connectivity index (χ3v) is 4.78. The van der Waals surface area contributed by atoms with Crippen LogP contribution in [-0.4, -0.2) is 7.11 Å². The molecule has 0 saturated heterocycles. The maximum Gasteiger partial charge on any atom is 0.118 e. The Balaban J connectivity index is 1.97. The van der Waals surface area contributed by atoms with Gasteiger partial charge in [-0.15, -0.1) is 0 Å². The lowest BCUT2D eigenvalue weighted by molar-refractivity contribution is 0.224. The van der Waals surface area contributed by atoms with Crippen LogP contribution in [0.2, 0.25) is 0 Å². The molecule has 1 aliphatic carbocycles. The molecule has 1 aromatic rings. The first-order valence-corrected chi connectivity index (χ1v) is 7.78. The number of benzene rings is 1. The highest BCUT2D eigenvalue weighted by Crippen LogP contribution is 2.45. The molecule has 1 aromatic carbocycles. The molecule has 2 rings (SSSR count). The zero-order valence-corrected chi connectivity index (χ0v) is 12.7. The summed E-state index contributed by atoms with van der Waals surface area (Å²) in [5.41, 5.74) is 1.35. The van der Waals surface area contributed by atoms with Gasteiger partial charge in [0.2, 0.25) is 0 Å². The molecule has 0 heterocycles. The summed E-state index contributed by atoms with van der Waals surface area (Å²) in [5, 5.41) is 9.53. The zero-order chi connectivity index (χ0) is 14.4. The quantitative estimate of drug-likeness (QED) is 0.750. The van der Waals surface area contributed by atoms with E-state index >= 15 is 0 Å². The van der Waals surface area contributed by atoms with Crippen LogP contribution in [0.25, 0.3) is 0 Å². The molecule has 0 N–H and O–H groups in total. The number of nitriles is 1. The van der Waals surface area contributed by atoms with E-state index in [4.69, 9.17) is 4.74 Å². The number of unbranched alkanes of at least 4 members (excludes halogenated alkanes) is 1. The topological polar surface area (TPSA) is 33.0 Å². The van der Waals surface area contributed by atoms with E-state index in [1.54, 1.807) is 7.11 Å². The minimum Gasteiger partial charge on any atom is -0.497 e. The monoisotopic (exact) mass is 271 g/mol. The summed E-state index contributed by atoms with van der Waals surface area (Å²) in [6.45, 7) is 2.20. The fraction of sp³-hybridized carbons (Fsp3) is 0.611. The smallest absolute Gasteiger partial charge is 0.118 e. The molecule has 2 heteroatoms. The van der Waals surface area contributed by atoms with Gasteiger partial charge in [-0.05, 0) is 55.7 Å². The summed E-state index contributed by atoms with van der Waals surface area (Å²) in [6.07, 6.45) is 7.84. The second-order valence-electron chi connectivity index (χ2n) is 6.04. The standard InChI is InChI=1S/C18H25NO/c1-3-4-11-18(14-19)12-9-16(10-13-18)15-5-7-17(20-2)8-6-15/h5-8,16H,3-4,9-13H2,1-2H3/t16-,18-. The molecule has 0 unspecified atom stereocenters. The third-order valence-electron chi connectivity index (χ3n) is 4.78. The van der Waals surface area contributed by atoms with Crippen molar-refractivity contribution < 1.29 is 4.74 Å². The second kappa shape index (κ2) is 6.79. The maximum atomic E-state index is 9.53. The first-order valence-electron chi connectivity index (χ1n) is 7.78.